The van der Waals surface area contributed by atoms with Crippen molar-refractivity contribution in [3.63, 3.8) is 0 Å². The average Bonchev–Trinajstić information content (AvgIpc) is 2.32. The Morgan fingerprint density at radius 3 is 2.32 bits per heavy atom. The van der Waals surface area contributed by atoms with Crippen LogP contribution in [0.4, 0.5) is 14.5 Å². The van der Waals surface area contributed by atoms with Crippen LogP contribution >= 0.6 is 39.1 Å². The Morgan fingerprint density at radius 2 is 1.63 bits per heavy atom. The van der Waals surface area contributed by atoms with Crippen LogP contribution in [0.5, 0.6) is 11.5 Å². The first-order valence-electron chi connectivity index (χ1n) is 4.95. The molecule has 2 nitrogen and oxygen atoms in total. The summed E-state index contributed by atoms with van der Waals surface area (Å²) in [5.41, 5.74) is 5.83. The Bertz CT molecular complexity index is 652. The topological polar surface area (TPSA) is 35.2 Å². The first-order valence-corrected chi connectivity index (χ1v) is 6.50. The SMILES string of the molecule is Nc1cc(Cl)c(Cl)cc1Oc1cc(Br)cc(F)c1F. The molecule has 0 heterocycles. The molecule has 2 aromatic carbocycles. The van der Waals surface area contributed by atoms with Crippen LogP contribution < -0.4 is 10.5 Å². The van der Waals surface area contributed by atoms with Crippen molar-refractivity contribution >= 4 is 44.8 Å². The highest BCUT2D eigenvalue weighted by atomic mass is 79.9. The molecule has 0 aliphatic rings. The normalized spacial score (nSPS) is 10.6. The van der Waals surface area contributed by atoms with Gasteiger partial charge in [-0.05, 0) is 18.2 Å². The van der Waals surface area contributed by atoms with Gasteiger partial charge in [0.15, 0.2) is 17.3 Å². The average molecular weight is 369 g/mol. The van der Waals surface area contributed by atoms with Crippen LogP contribution in [0.25, 0.3) is 0 Å². The molecule has 2 rings (SSSR count). The van der Waals surface area contributed by atoms with E-state index in [9.17, 15) is 8.78 Å². The maximum absolute atomic E-state index is 13.6. The van der Waals surface area contributed by atoms with Gasteiger partial charge < -0.3 is 10.5 Å². The van der Waals surface area contributed by atoms with Gasteiger partial charge in [0, 0.05) is 10.5 Å². The van der Waals surface area contributed by atoms with Gasteiger partial charge in [0.25, 0.3) is 0 Å². The quantitative estimate of drug-likeness (QED) is 0.568. The van der Waals surface area contributed by atoms with Crippen LogP contribution in [0.2, 0.25) is 10.0 Å². The minimum Gasteiger partial charge on any atom is -0.452 e. The summed E-state index contributed by atoms with van der Waals surface area (Å²) in [6.07, 6.45) is 0. The van der Waals surface area contributed by atoms with E-state index >= 15 is 0 Å². The largest absolute Gasteiger partial charge is 0.452 e. The van der Waals surface area contributed by atoms with E-state index in [1.54, 1.807) is 0 Å². The van der Waals surface area contributed by atoms with Gasteiger partial charge in [0.1, 0.15) is 0 Å². The number of rotatable bonds is 2. The number of benzene rings is 2. The molecule has 0 amide bonds. The first-order chi connectivity index (χ1) is 8.88. The summed E-state index contributed by atoms with van der Waals surface area (Å²) in [5, 5.41) is 0.439. The summed E-state index contributed by atoms with van der Waals surface area (Å²) in [7, 11) is 0. The Kier molecular flexibility index (Phi) is 4.18. The number of nitrogens with two attached hydrogens (primary N) is 1. The third-order valence-electron chi connectivity index (χ3n) is 2.23. The predicted molar refractivity (Wildman–Crippen MR) is 75.0 cm³/mol. The van der Waals surface area contributed by atoms with Crippen molar-refractivity contribution in [2.75, 3.05) is 5.73 Å². The third kappa shape index (κ3) is 3.11. The molecule has 0 bridgehead atoms. The van der Waals surface area contributed by atoms with Gasteiger partial charge in [0.05, 0.1) is 15.7 Å². The smallest absolute Gasteiger partial charge is 0.201 e. The monoisotopic (exact) mass is 367 g/mol. The van der Waals surface area contributed by atoms with Crippen molar-refractivity contribution in [2.45, 2.75) is 0 Å². The summed E-state index contributed by atoms with van der Waals surface area (Å²) in [6.45, 7) is 0. The van der Waals surface area contributed by atoms with Crippen molar-refractivity contribution < 1.29 is 13.5 Å². The standard InChI is InChI=1S/C12H6BrCl2F2NO/c13-5-1-8(16)12(17)11(2-5)19-10-4-7(15)6(14)3-9(10)18/h1-4H,18H2. The minimum absolute atomic E-state index is 0.0887. The van der Waals surface area contributed by atoms with E-state index in [0.717, 1.165) is 6.07 Å². The maximum atomic E-state index is 13.6. The Hall–Kier alpha value is -1.04. The molecule has 0 fully saturated rings. The summed E-state index contributed by atoms with van der Waals surface area (Å²) in [4.78, 5) is 0. The summed E-state index contributed by atoms with van der Waals surface area (Å²) in [5.74, 6) is -2.38. The lowest BCUT2D eigenvalue weighted by Crippen LogP contribution is -1.96. The number of anilines is 1. The summed E-state index contributed by atoms with van der Waals surface area (Å²) in [6, 6.07) is 4.96. The van der Waals surface area contributed by atoms with E-state index in [1.807, 2.05) is 0 Å². The van der Waals surface area contributed by atoms with Gasteiger partial charge in [-0.25, -0.2) is 4.39 Å². The Morgan fingerprint density at radius 1 is 1.00 bits per heavy atom. The molecule has 0 saturated heterocycles. The highest BCUT2D eigenvalue weighted by molar-refractivity contribution is 9.10. The molecule has 2 N–H and O–H groups in total. The van der Waals surface area contributed by atoms with E-state index in [-0.39, 0.29) is 27.2 Å². The van der Waals surface area contributed by atoms with Crippen LogP contribution in [-0.4, -0.2) is 0 Å². The molecular formula is C12H6BrCl2F2NO. The lowest BCUT2D eigenvalue weighted by atomic mass is 10.3. The molecule has 0 aromatic heterocycles. The van der Waals surface area contributed by atoms with E-state index in [0.29, 0.717) is 4.47 Å². The van der Waals surface area contributed by atoms with E-state index < -0.39 is 11.6 Å². The number of nitrogen functional groups attached to an aromatic ring is 1. The number of hydrogen-bond donors (Lipinski definition) is 1. The molecule has 19 heavy (non-hydrogen) atoms. The number of ether oxygens (including phenoxy) is 1. The second-order valence-corrected chi connectivity index (χ2v) is 5.34. The molecule has 0 unspecified atom stereocenters. The zero-order chi connectivity index (χ0) is 14.2. The zero-order valence-corrected chi connectivity index (χ0v) is 12.3. The lowest BCUT2D eigenvalue weighted by molar-refractivity contribution is 0.416. The van der Waals surface area contributed by atoms with E-state index in [2.05, 4.69) is 15.9 Å². The highest BCUT2D eigenvalue weighted by Gasteiger charge is 2.14. The van der Waals surface area contributed by atoms with Crippen LogP contribution in [0.1, 0.15) is 0 Å². The first kappa shape index (κ1) is 14.4. The number of hydrogen-bond acceptors (Lipinski definition) is 2. The van der Waals surface area contributed by atoms with Gasteiger partial charge in [-0.2, -0.15) is 4.39 Å². The molecule has 0 atom stereocenters. The molecule has 0 radical (unpaired) electrons. The fourth-order valence-corrected chi connectivity index (χ4v) is 2.09. The van der Waals surface area contributed by atoms with Gasteiger partial charge in [-0.1, -0.05) is 39.1 Å². The minimum atomic E-state index is -1.12. The second-order valence-electron chi connectivity index (χ2n) is 3.61. The fourth-order valence-electron chi connectivity index (χ4n) is 1.36. The van der Waals surface area contributed by atoms with Crippen LogP contribution in [0, 0.1) is 11.6 Å². The molecular weight excluding hydrogens is 363 g/mol. The molecule has 100 valence electrons. The number of halogens is 5. The molecule has 0 aliphatic carbocycles. The zero-order valence-electron chi connectivity index (χ0n) is 9.18. The third-order valence-corrected chi connectivity index (χ3v) is 3.41. The van der Waals surface area contributed by atoms with Crippen LogP contribution in [-0.2, 0) is 0 Å². The van der Waals surface area contributed by atoms with Crippen LogP contribution in [0.15, 0.2) is 28.7 Å². The van der Waals surface area contributed by atoms with Crippen molar-refractivity contribution in [3.8, 4) is 11.5 Å². The Balaban J connectivity index is 2.44. The molecule has 0 spiro atoms. The molecule has 2 aromatic rings. The second kappa shape index (κ2) is 5.53. The van der Waals surface area contributed by atoms with Gasteiger partial charge in [-0.15, -0.1) is 0 Å². The fraction of sp³-hybridized carbons (Fsp3) is 0. The van der Waals surface area contributed by atoms with Crippen molar-refractivity contribution in [1.82, 2.24) is 0 Å². The molecule has 0 aliphatic heterocycles. The van der Waals surface area contributed by atoms with Gasteiger partial charge >= 0.3 is 0 Å². The van der Waals surface area contributed by atoms with Crippen molar-refractivity contribution in [1.29, 1.82) is 0 Å². The van der Waals surface area contributed by atoms with Gasteiger partial charge in [-0.3, -0.25) is 0 Å². The summed E-state index contributed by atoms with van der Waals surface area (Å²) >= 11 is 14.6. The van der Waals surface area contributed by atoms with E-state index in [4.69, 9.17) is 33.7 Å². The summed E-state index contributed by atoms with van der Waals surface area (Å²) < 4.78 is 32.3. The highest BCUT2D eigenvalue weighted by Crippen LogP contribution is 2.37. The molecule has 7 heteroatoms. The van der Waals surface area contributed by atoms with E-state index in [1.165, 1.54) is 18.2 Å². The lowest BCUT2D eigenvalue weighted by Gasteiger charge is -2.11. The Labute approximate surface area is 126 Å². The van der Waals surface area contributed by atoms with Crippen molar-refractivity contribution in [3.05, 3.63) is 50.4 Å². The maximum Gasteiger partial charge on any atom is 0.201 e. The van der Waals surface area contributed by atoms with Gasteiger partial charge in [0.2, 0.25) is 5.82 Å². The predicted octanol–water partition coefficient (Wildman–Crippen LogP) is 5.41. The van der Waals surface area contributed by atoms with Crippen LogP contribution in [0.3, 0.4) is 0 Å². The molecule has 0 saturated carbocycles. The van der Waals surface area contributed by atoms with Crippen molar-refractivity contribution in [2.24, 2.45) is 0 Å².